The molecule has 2 N–H and O–H groups in total. The molecule has 0 aliphatic rings. The number of aromatic nitrogens is 2. The maximum Gasteiger partial charge on any atom is 0.134 e. The largest absolute Gasteiger partial charge is 0.391 e. The number of halogens is 1. The lowest BCUT2D eigenvalue weighted by Gasteiger charge is -2.12. The molecule has 0 aliphatic carbocycles. The summed E-state index contributed by atoms with van der Waals surface area (Å²) in [6.45, 7) is 5.10. The molecule has 0 aliphatic heterocycles. The topological polar surface area (TPSA) is 67.3 Å². The summed E-state index contributed by atoms with van der Waals surface area (Å²) in [6, 6.07) is 1.83. The standard InChI is InChI=1S/C12H20BrN3O2/c1-8(2)12-15-10(13)6-11(16-12)14-5-4-9(17)7-18-3/h6,8-9,17H,4-5,7H2,1-3H3,(H,14,15,16). The lowest BCUT2D eigenvalue weighted by Crippen LogP contribution is -2.18. The highest BCUT2D eigenvalue weighted by molar-refractivity contribution is 9.10. The Morgan fingerprint density at radius 1 is 1.44 bits per heavy atom. The molecule has 1 atom stereocenters. The summed E-state index contributed by atoms with van der Waals surface area (Å²) in [7, 11) is 1.58. The Morgan fingerprint density at radius 3 is 2.78 bits per heavy atom. The van der Waals surface area contributed by atoms with Crippen LogP contribution in [0.5, 0.6) is 0 Å². The molecule has 1 aromatic heterocycles. The van der Waals surface area contributed by atoms with Gasteiger partial charge in [0, 0.05) is 25.6 Å². The quantitative estimate of drug-likeness (QED) is 0.754. The lowest BCUT2D eigenvalue weighted by atomic mass is 10.2. The molecule has 102 valence electrons. The third kappa shape index (κ3) is 5.29. The molecule has 6 heteroatoms. The fourth-order valence-corrected chi connectivity index (χ4v) is 1.83. The molecule has 1 heterocycles. The summed E-state index contributed by atoms with van der Waals surface area (Å²) in [4.78, 5) is 8.71. The van der Waals surface area contributed by atoms with Crippen molar-refractivity contribution in [3.8, 4) is 0 Å². The third-order valence-corrected chi connectivity index (χ3v) is 2.78. The Morgan fingerprint density at radius 2 is 2.17 bits per heavy atom. The highest BCUT2D eigenvalue weighted by Crippen LogP contribution is 2.17. The fraction of sp³-hybridized carbons (Fsp3) is 0.667. The van der Waals surface area contributed by atoms with Gasteiger partial charge in [0.15, 0.2) is 0 Å². The van der Waals surface area contributed by atoms with Crippen LogP contribution in [-0.4, -0.2) is 41.4 Å². The van der Waals surface area contributed by atoms with Crippen molar-refractivity contribution in [3.05, 3.63) is 16.5 Å². The smallest absolute Gasteiger partial charge is 0.134 e. The zero-order valence-corrected chi connectivity index (χ0v) is 12.6. The molecule has 0 fully saturated rings. The van der Waals surface area contributed by atoms with E-state index in [0.29, 0.717) is 19.6 Å². The van der Waals surface area contributed by atoms with Crippen molar-refractivity contribution in [1.29, 1.82) is 0 Å². The number of hydrogen-bond acceptors (Lipinski definition) is 5. The van der Waals surface area contributed by atoms with Crippen LogP contribution in [0.15, 0.2) is 10.7 Å². The lowest BCUT2D eigenvalue weighted by molar-refractivity contribution is 0.0615. The molecule has 1 unspecified atom stereocenters. The van der Waals surface area contributed by atoms with Crippen LogP contribution in [0.25, 0.3) is 0 Å². The summed E-state index contributed by atoms with van der Waals surface area (Å²) in [5, 5.41) is 12.7. The second-order valence-electron chi connectivity index (χ2n) is 4.41. The Kier molecular flexibility index (Phi) is 6.52. The van der Waals surface area contributed by atoms with Crippen LogP contribution in [0.1, 0.15) is 32.0 Å². The van der Waals surface area contributed by atoms with Gasteiger partial charge in [-0.3, -0.25) is 0 Å². The zero-order chi connectivity index (χ0) is 13.5. The number of aliphatic hydroxyl groups is 1. The van der Waals surface area contributed by atoms with Crippen molar-refractivity contribution in [2.75, 3.05) is 25.6 Å². The summed E-state index contributed by atoms with van der Waals surface area (Å²) in [5.41, 5.74) is 0. The minimum atomic E-state index is -0.447. The van der Waals surface area contributed by atoms with Crippen molar-refractivity contribution in [2.45, 2.75) is 32.3 Å². The summed E-state index contributed by atoms with van der Waals surface area (Å²) >= 11 is 3.37. The monoisotopic (exact) mass is 317 g/mol. The van der Waals surface area contributed by atoms with E-state index in [0.717, 1.165) is 16.2 Å². The SMILES string of the molecule is COCC(O)CCNc1cc(Br)nc(C(C)C)n1. The Hall–Kier alpha value is -0.720. The predicted octanol–water partition coefficient (Wildman–Crippen LogP) is 2.17. The number of hydrogen-bond donors (Lipinski definition) is 2. The van der Waals surface area contributed by atoms with Gasteiger partial charge in [0.2, 0.25) is 0 Å². The van der Waals surface area contributed by atoms with E-state index < -0.39 is 6.10 Å². The van der Waals surface area contributed by atoms with E-state index in [1.54, 1.807) is 7.11 Å². The van der Waals surface area contributed by atoms with E-state index in [1.165, 1.54) is 0 Å². The second kappa shape index (κ2) is 7.66. The highest BCUT2D eigenvalue weighted by atomic mass is 79.9. The molecule has 1 aromatic rings. The Labute approximate surface area is 116 Å². The second-order valence-corrected chi connectivity index (χ2v) is 5.23. The molecule has 0 amide bonds. The van der Waals surface area contributed by atoms with Gasteiger partial charge in [-0.2, -0.15) is 0 Å². The molecular formula is C12H20BrN3O2. The van der Waals surface area contributed by atoms with Gasteiger partial charge in [0.05, 0.1) is 12.7 Å². The third-order valence-electron chi connectivity index (χ3n) is 2.37. The van der Waals surface area contributed by atoms with Crippen LogP contribution >= 0.6 is 15.9 Å². The van der Waals surface area contributed by atoms with Crippen LogP contribution in [0.2, 0.25) is 0 Å². The average Bonchev–Trinajstić information content (AvgIpc) is 2.28. The number of methoxy groups -OCH3 is 1. The predicted molar refractivity (Wildman–Crippen MR) is 74.8 cm³/mol. The van der Waals surface area contributed by atoms with Gasteiger partial charge >= 0.3 is 0 Å². The average molecular weight is 318 g/mol. The first-order chi connectivity index (χ1) is 8.52. The fourth-order valence-electron chi connectivity index (χ4n) is 1.43. The van der Waals surface area contributed by atoms with Crippen LogP contribution in [0.3, 0.4) is 0 Å². The first kappa shape index (κ1) is 15.3. The normalized spacial score (nSPS) is 12.8. The summed E-state index contributed by atoms with van der Waals surface area (Å²) < 4.78 is 5.63. The number of anilines is 1. The highest BCUT2D eigenvalue weighted by Gasteiger charge is 2.07. The van der Waals surface area contributed by atoms with Gasteiger partial charge < -0.3 is 15.2 Å². The molecule has 5 nitrogen and oxygen atoms in total. The Balaban J connectivity index is 2.51. The van der Waals surface area contributed by atoms with Crippen LogP contribution < -0.4 is 5.32 Å². The van der Waals surface area contributed by atoms with Crippen molar-refractivity contribution >= 4 is 21.7 Å². The van der Waals surface area contributed by atoms with Gasteiger partial charge in [-0.05, 0) is 22.4 Å². The van der Waals surface area contributed by atoms with Gasteiger partial charge in [0.1, 0.15) is 16.2 Å². The van der Waals surface area contributed by atoms with Gasteiger partial charge in [0.25, 0.3) is 0 Å². The molecule has 0 bridgehead atoms. The van der Waals surface area contributed by atoms with Crippen molar-refractivity contribution in [3.63, 3.8) is 0 Å². The van der Waals surface area contributed by atoms with Crippen LogP contribution in [0.4, 0.5) is 5.82 Å². The molecular weight excluding hydrogens is 298 g/mol. The number of rotatable bonds is 7. The minimum Gasteiger partial charge on any atom is -0.391 e. The van der Waals surface area contributed by atoms with Crippen molar-refractivity contribution in [1.82, 2.24) is 9.97 Å². The maximum absolute atomic E-state index is 9.52. The van der Waals surface area contributed by atoms with Crippen LogP contribution in [-0.2, 0) is 4.74 Å². The summed E-state index contributed by atoms with van der Waals surface area (Å²) in [5.74, 6) is 1.84. The number of nitrogens with one attached hydrogen (secondary N) is 1. The van der Waals surface area contributed by atoms with E-state index in [-0.39, 0.29) is 5.92 Å². The van der Waals surface area contributed by atoms with Gasteiger partial charge in [-0.15, -0.1) is 0 Å². The van der Waals surface area contributed by atoms with E-state index in [1.807, 2.05) is 19.9 Å². The van der Waals surface area contributed by atoms with Gasteiger partial charge in [-0.25, -0.2) is 9.97 Å². The minimum absolute atomic E-state index is 0.280. The van der Waals surface area contributed by atoms with Gasteiger partial charge in [-0.1, -0.05) is 13.8 Å². The zero-order valence-electron chi connectivity index (χ0n) is 11.0. The maximum atomic E-state index is 9.52. The van der Waals surface area contributed by atoms with Crippen LogP contribution in [0, 0.1) is 0 Å². The van der Waals surface area contributed by atoms with E-state index >= 15 is 0 Å². The molecule has 1 rings (SSSR count). The Bertz CT molecular complexity index is 374. The molecule has 0 saturated heterocycles. The van der Waals surface area contributed by atoms with Crippen molar-refractivity contribution < 1.29 is 9.84 Å². The summed E-state index contributed by atoms with van der Waals surface area (Å²) in [6.07, 6.45) is 0.171. The number of aliphatic hydroxyl groups excluding tert-OH is 1. The van der Waals surface area contributed by atoms with E-state index in [9.17, 15) is 5.11 Å². The first-order valence-electron chi connectivity index (χ1n) is 5.98. The van der Waals surface area contributed by atoms with E-state index in [4.69, 9.17) is 4.74 Å². The number of nitrogens with zero attached hydrogens (tertiary/aromatic N) is 2. The molecule has 0 radical (unpaired) electrons. The molecule has 0 aromatic carbocycles. The molecule has 0 spiro atoms. The van der Waals surface area contributed by atoms with Crippen molar-refractivity contribution in [2.24, 2.45) is 0 Å². The number of ether oxygens (including phenoxy) is 1. The molecule has 0 saturated carbocycles. The van der Waals surface area contributed by atoms with E-state index in [2.05, 4.69) is 31.2 Å². The first-order valence-corrected chi connectivity index (χ1v) is 6.77. The molecule has 18 heavy (non-hydrogen) atoms.